The van der Waals surface area contributed by atoms with E-state index in [1.807, 2.05) is 6.92 Å². The fourth-order valence-corrected chi connectivity index (χ4v) is 7.13. The highest BCUT2D eigenvalue weighted by molar-refractivity contribution is 5.36. The van der Waals surface area contributed by atoms with Gasteiger partial charge in [0.05, 0.1) is 36.5 Å². The summed E-state index contributed by atoms with van der Waals surface area (Å²) in [6.45, 7) is 6.05. The molecule has 4 aromatic rings. The van der Waals surface area contributed by atoms with Gasteiger partial charge in [-0.25, -0.2) is 8.78 Å². The van der Waals surface area contributed by atoms with Crippen molar-refractivity contribution in [1.82, 2.24) is 10.6 Å². The summed E-state index contributed by atoms with van der Waals surface area (Å²) >= 11 is 0. The molecule has 0 bridgehead atoms. The number of aryl methyl sites for hydroxylation is 2. The molecular weight excluding hydrogens is 777 g/mol. The Morgan fingerprint density at radius 2 is 1.11 bits per heavy atom. The van der Waals surface area contributed by atoms with Crippen molar-refractivity contribution in [3.8, 4) is 5.75 Å². The van der Waals surface area contributed by atoms with Gasteiger partial charge in [0.15, 0.2) is 0 Å². The average Bonchev–Trinajstić information content (AvgIpc) is 3.13. The van der Waals surface area contributed by atoms with Crippen LogP contribution in [-0.4, -0.2) is 44.7 Å². The standard InChI is InChI=1S/C21H20F7NO.C20H21F4NO2/c1-12-8-15(22)4-5-16(12)17-10-29-7-6-19(17)30-11-13-2-3-14(20(23,24)25)9-18(13)21(26,27)28;1-13-10-15(21)4-7-17(13)18-11-25-9-8-19(18)26-12-14-2-5-16(6-3-14)27-20(22,23)24/h2-5,8-9,17,19,29H,6-7,10-11H2,1H3;2-7,10,18-19,25H,8-9,11-12H2,1H3. The van der Waals surface area contributed by atoms with Gasteiger partial charge in [-0.05, 0) is 122 Å². The van der Waals surface area contributed by atoms with Gasteiger partial charge in [0.2, 0.25) is 0 Å². The van der Waals surface area contributed by atoms with Gasteiger partial charge in [0.25, 0.3) is 0 Å². The lowest BCUT2D eigenvalue weighted by atomic mass is 9.86. The fourth-order valence-electron chi connectivity index (χ4n) is 7.13. The van der Waals surface area contributed by atoms with Crippen LogP contribution in [0.5, 0.6) is 5.75 Å². The zero-order chi connectivity index (χ0) is 41.5. The Bertz CT molecular complexity index is 1930. The van der Waals surface area contributed by atoms with Crippen LogP contribution in [0.3, 0.4) is 0 Å². The maximum Gasteiger partial charge on any atom is 0.573 e. The van der Waals surface area contributed by atoms with Crippen LogP contribution in [0, 0.1) is 25.5 Å². The molecule has 2 fully saturated rings. The second-order valence-corrected chi connectivity index (χ2v) is 14.0. The van der Waals surface area contributed by atoms with Crippen LogP contribution in [0.25, 0.3) is 0 Å². The highest BCUT2D eigenvalue weighted by Gasteiger charge is 2.39. The normalized spacial score (nSPS) is 20.4. The Morgan fingerprint density at radius 1 is 0.596 bits per heavy atom. The molecule has 5 nitrogen and oxygen atoms in total. The lowest BCUT2D eigenvalue weighted by Gasteiger charge is -2.33. The third-order valence-corrected chi connectivity index (χ3v) is 9.92. The molecule has 2 aliphatic rings. The minimum absolute atomic E-state index is 0.0542. The molecule has 0 aliphatic carbocycles. The van der Waals surface area contributed by atoms with E-state index in [1.165, 1.54) is 36.4 Å². The highest BCUT2D eigenvalue weighted by atomic mass is 19.4. The third kappa shape index (κ3) is 12.4. The zero-order valence-corrected chi connectivity index (χ0v) is 30.9. The number of alkyl halides is 9. The van der Waals surface area contributed by atoms with E-state index in [1.54, 1.807) is 31.2 Å². The number of nitrogens with one attached hydrogen (secondary N) is 2. The molecule has 0 radical (unpaired) electrons. The summed E-state index contributed by atoms with van der Waals surface area (Å²) in [6, 6.07) is 16.3. The van der Waals surface area contributed by atoms with Gasteiger partial charge in [-0.1, -0.05) is 30.3 Å². The molecule has 4 aromatic carbocycles. The van der Waals surface area contributed by atoms with E-state index in [0.29, 0.717) is 31.1 Å². The van der Waals surface area contributed by atoms with Crippen molar-refractivity contribution in [2.75, 3.05) is 26.2 Å². The number of piperidine rings is 2. The Hall–Kier alpha value is -4.25. The molecule has 57 heavy (non-hydrogen) atoms. The van der Waals surface area contributed by atoms with E-state index in [2.05, 4.69) is 15.4 Å². The smallest absolute Gasteiger partial charge is 0.406 e. The van der Waals surface area contributed by atoms with Crippen molar-refractivity contribution >= 4 is 0 Å². The summed E-state index contributed by atoms with van der Waals surface area (Å²) in [4.78, 5) is 0. The summed E-state index contributed by atoms with van der Waals surface area (Å²) in [5.74, 6) is -1.04. The Kier molecular flexibility index (Phi) is 14.3. The second kappa shape index (κ2) is 18.6. The molecule has 0 aromatic heterocycles. The molecule has 6 rings (SSSR count). The van der Waals surface area contributed by atoms with Gasteiger partial charge in [-0.2, -0.15) is 26.3 Å². The van der Waals surface area contributed by atoms with Crippen molar-refractivity contribution in [3.63, 3.8) is 0 Å². The maximum atomic E-state index is 13.4. The van der Waals surface area contributed by atoms with Crippen LogP contribution in [0.15, 0.2) is 78.9 Å². The Morgan fingerprint density at radius 3 is 1.56 bits per heavy atom. The first-order valence-corrected chi connectivity index (χ1v) is 18.1. The monoisotopic (exact) mass is 818 g/mol. The second-order valence-electron chi connectivity index (χ2n) is 14.0. The first kappa shape index (κ1) is 43.9. The highest BCUT2D eigenvalue weighted by Crippen LogP contribution is 2.39. The molecule has 2 N–H and O–H groups in total. The van der Waals surface area contributed by atoms with E-state index in [9.17, 15) is 48.3 Å². The van der Waals surface area contributed by atoms with Crippen LogP contribution < -0.4 is 15.4 Å². The summed E-state index contributed by atoms with van der Waals surface area (Å²) in [5.41, 5.74) is 1.12. The minimum atomic E-state index is -4.94. The van der Waals surface area contributed by atoms with E-state index < -0.39 is 48.4 Å². The third-order valence-electron chi connectivity index (χ3n) is 9.92. The lowest BCUT2D eigenvalue weighted by molar-refractivity contribution is -0.274. The summed E-state index contributed by atoms with van der Waals surface area (Å²) < 4.78 is 158. The molecule has 310 valence electrons. The van der Waals surface area contributed by atoms with Crippen molar-refractivity contribution < 1.29 is 62.5 Å². The van der Waals surface area contributed by atoms with Gasteiger partial charge < -0.3 is 24.8 Å². The molecule has 4 atom stereocenters. The minimum Gasteiger partial charge on any atom is -0.406 e. The predicted octanol–water partition coefficient (Wildman–Crippen LogP) is 10.5. The molecule has 2 aliphatic heterocycles. The number of benzene rings is 4. The first-order valence-electron chi connectivity index (χ1n) is 18.1. The Labute approximate surface area is 322 Å². The van der Waals surface area contributed by atoms with Crippen LogP contribution in [0.4, 0.5) is 48.3 Å². The lowest BCUT2D eigenvalue weighted by Crippen LogP contribution is -2.40. The average molecular weight is 819 g/mol. The van der Waals surface area contributed by atoms with Crippen LogP contribution in [0.2, 0.25) is 0 Å². The van der Waals surface area contributed by atoms with Crippen molar-refractivity contribution in [1.29, 1.82) is 0 Å². The summed E-state index contributed by atoms with van der Waals surface area (Å²) in [6.07, 6.45) is -13.7. The molecule has 0 spiro atoms. The van der Waals surface area contributed by atoms with Crippen LogP contribution in [-0.2, 0) is 35.0 Å². The summed E-state index contributed by atoms with van der Waals surface area (Å²) in [7, 11) is 0. The zero-order valence-electron chi connectivity index (χ0n) is 30.9. The quantitative estimate of drug-likeness (QED) is 0.165. The van der Waals surface area contributed by atoms with E-state index in [0.717, 1.165) is 47.8 Å². The van der Waals surface area contributed by atoms with Gasteiger partial charge in [0.1, 0.15) is 17.4 Å². The number of hydrogen-bond donors (Lipinski definition) is 2. The molecule has 4 unspecified atom stereocenters. The largest absolute Gasteiger partial charge is 0.573 e. The molecule has 0 saturated carbocycles. The SMILES string of the molecule is Cc1cc(F)ccc1C1CNCCC1OCc1ccc(C(F)(F)F)cc1C(F)(F)F.Cc1cc(F)ccc1C1CNCCC1OCc1ccc(OC(F)(F)F)cc1. The Balaban J connectivity index is 0.000000219. The van der Waals surface area contributed by atoms with Crippen molar-refractivity contribution in [3.05, 3.63) is 135 Å². The van der Waals surface area contributed by atoms with Gasteiger partial charge >= 0.3 is 18.7 Å². The van der Waals surface area contributed by atoms with E-state index in [4.69, 9.17) is 9.47 Å². The van der Waals surface area contributed by atoms with Crippen molar-refractivity contribution in [2.45, 2.75) is 82.7 Å². The van der Waals surface area contributed by atoms with Gasteiger partial charge in [-0.15, -0.1) is 13.2 Å². The van der Waals surface area contributed by atoms with Crippen LogP contribution in [0.1, 0.15) is 69.2 Å². The van der Waals surface area contributed by atoms with E-state index >= 15 is 0 Å². The molecular formula is C41H41F11N2O3. The first-order chi connectivity index (χ1) is 26.8. The molecule has 2 heterocycles. The maximum absolute atomic E-state index is 13.4. The van der Waals surface area contributed by atoms with Gasteiger partial charge in [0, 0.05) is 24.9 Å². The number of rotatable bonds is 9. The number of halogens is 11. The predicted molar refractivity (Wildman–Crippen MR) is 189 cm³/mol. The van der Waals surface area contributed by atoms with Crippen LogP contribution >= 0.6 is 0 Å². The number of ether oxygens (including phenoxy) is 3. The number of hydrogen-bond acceptors (Lipinski definition) is 5. The molecule has 0 amide bonds. The fraction of sp³-hybridized carbons (Fsp3) is 0.415. The van der Waals surface area contributed by atoms with Gasteiger partial charge in [-0.3, -0.25) is 0 Å². The molecule has 16 heteroatoms. The topological polar surface area (TPSA) is 51.8 Å². The van der Waals surface area contributed by atoms with Crippen molar-refractivity contribution in [2.24, 2.45) is 0 Å². The summed E-state index contributed by atoms with van der Waals surface area (Å²) in [5, 5.41) is 6.52. The van der Waals surface area contributed by atoms with E-state index in [-0.39, 0.29) is 47.7 Å². The molecule has 2 saturated heterocycles.